The summed E-state index contributed by atoms with van der Waals surface area (Å²) in [6.45, 7) is 6.37. The van der Waals surface area contributed by atoms with Crippen LogP contribution in [0.4, 0.5) is 27.4 Å². The van der Waals surface area contributed by atoms with Gasteiger partial charge in [0.1, 0.15) is 11.9 Å². The third kappa shape index (κ3) is 5.14. The number of ether oxygens (including phenoxy) is 1. The van der Waals surface area contributed by atoms with Gasteiger partial charge in [0.25, 0.3) is 0 Å². The number of carbonyl (C=O) groups is 1. The molecule has 1 saturated heterocycles. The Morgan fingerprint density at radius 3 is 2.79 bits per heavy atom. The van der Waals surface area contributed by atoms with Crippen LogP contribution in [0.2, 0.25) is 0 Å². The SMILES string of the molecule is C=CC(=O)Nc1ccc(F)c(-c2nc(Nc3cccc(N4CCOCC4)c3)ncc2C#N)c1. The molecule has 33 heavy (non-hydrogen) atoms. The molecule has 0 radical (unpaired) electrons. The molecule has 0 saturated carbocycles. The first-order valence-electron chi connectivity index (χ1n) is 10.3. The molecule has 0 bridgehead atoms. The van der Waals surface area contributed by atoms with Gasteiger partial charge in [-0.1, -0.05) is 12.6 Å². The molecule has 8 nitrogen and oxygen atoms in total. The number of nitriles is 1. The average molecular weight is 444 g/mol. The van der Waals surface area contributed by atoms with Crippen molar-refractivity contribution in [1.29, 1.82) is 5.26 Å². The number of anilines is 4. The zero-order valence-corrected chi connectivity index (χ0v) is 17.7. The van der Waals surface area contributed by atoms with Crippen LogP contribution >= 0.6 is 0 Å². The maximum absolute atomic E-state index is 14.7. The van der Waals surface area contributed by atoms with Gasteiger partial charge in [-0.15, -0.1) is 0 Å². The van der Waals surface area contributed by atoms with Crippen LogP contribution in [-0.2, 0) is 9.53 Å². The summed E-state index contributed by atoms with van der Waals surface area (Å²) < 4.78 is 20.1. The Hall–Kier alpha value is -4.29. The van der Waals surface area contributed by atoms with Gasteiger partial charge in [0.05, 0.1) is 30.7 Å². The number of halogens is 1. The normalized spacial score (nSPS) is 13.2. The van der Waals surface area contributed by atoms with Crippen LogP contribution in [-0.4, -0.2) is 42.2 Å². The molecule has 166 valence electrons. The summed E-state index contributed by atoms with van der Waals surface area (Å²) in [7, 11) is 0. The van der Waals surface area contributed by atoms with E-state index in [9.17, 15) is 14.4 Å². The number of rotatable bonds is 6. The van der Waals surface area contributed by atoms with Crippen LogP contribution in [0.5, 0.6) is 0 Å². The van der Waals surface area contributed by atoms with E-state index in [0.717, 1.165) is 30.5 Å². The fourth-order valence-electron chi connectivity index (χ4n) is 3.44. The molecule has 2 N–H and O–H groups in total. The lowest BCUT2D eigenvalue weighted by molar-refractivity contribution is -0.111. The van der Waals surface area contributed by atoms with Gasteiger partial charge >= 0.3 is 0 Å². The molecular weight excluding hydrogens is 423 g/mol. The molecule has 0 aliphatic carbocycles. The Bertz CT molecular complexity index is 1230. The molecule has 1 amide bonds. The summed E-state index contributed by atoms with van der Waals surface area (Å²) in [5, 5.41) is 15.2. The van der Waals surface area contributed by atoms with Gasteiger partial charge in [-0.25, -0.2) is 14.4 Å². The van der Waals surface area contributed by atoms with Crippen LogP contribution in [0.3, 0.4) is 0 Å². The van der Waals surface area contributed by atoms with Crippen LogP contribution in [0.25, 0.3) is 11.3 Å². The van der Waals surface area contributed by atoms with Crippen molar-refractivity contribution in [1.82, 2.24) is 9.97 Å². The molecule has 4 rings (SSSR count). The molecule has 2 aromatic carbocycles. The highest BCUT2D eigenvalue weighted by Crippen LogP contribution is 2.29. The lowest BCUT2D eigenvalue weighted by atomic mass is 10.1. The van der Waals surface area contributed by atoms with E-state index in [-0.39, 0.29) is 22.8 Å². The van der Waals surface area contributed by atoms with Crippen molar-refractivity contribution in [3.63, 3.8) is 0 Å². The Kier molecular flexibility index (Phi) is 6.57. The number of nitrogens with zero attached hydrogens (tertiary/aromatic N) is 4. The molecule has 1 aromatic heterocycles. The Morgan fingerprint density at radius 2 is 2.03 bits per heavy atom. The van der Waals surface area contributed by atoms with Gasteiger partial charge in [0.15, 0.2) is 0 Å². The maximum Gasteiger partial charge on any atom is 0.247 e. The number of hydrogen-bond acceptors (Lipinski definition) is 7. The molecule has 1 aliphatic rings. The van der Waals surface area contributed by atoms with Crippen LogP contribution in [0, 0.1) is 17.1 Å². The first-order chi connectivity index (χ1) is 16.1. The van der Waals surface area contributed by atoms with Crippen LogP contribution in [0.15, 0.2) is 61.3 Å². The quantitative estimate of drug-likeness (QED) is 0.557. The highest BCUT2D eigenvalue weighted by atomic mass is 19.1. The third-order valence-electron chi connectivity index (χ3n) is 5.06. The first kappa shape index (κ1) is 21.9. The molecular formula is C24H21FN6O2. The number of aromatic nitrogens is 2. The summed E-state index contributed by atoms with van der Waals surface area (Å²) in [5.41, 5.74) is 2.43. The maximum atomic E-state index is 14.7. The highest BCUT2D eigenvalue weighted by molar-refractivity contribution is 5.99. The topological polar surface area (TPSA) is 103 Å². The molecule has 1 fully saturated rings. The minimum Gasteiger partial charge on any atom is -0.378 e. The Balaban J connectivity index is 1.64. The zero-order valence-electron chi connectivity index (χ0n) is 17.7. The van der Waals surface area contributed by atoms with Gasteiger partial charge in [-0.3, -0.25) is 4.79 Å². The Labute approximate surface area is 190 Å². The number of benzene rings is 2. The fourth-order valence-corrected chi connectivity index (χ4v) is 3.44. The lowest BCUT2D eigenvalue weighted by Gasteiger charge is -2.29. The van der Waals surface area contributed by atoms with Crippen LogP contribution < -0.4 is 15.5 Å². The van der Waals surface area contributed by atoms with Gasteiger partial charge < -0.3 is 20.3 Å². The summed E-state index contributed by atoms with van der Waals surface area (Å²) in [6, 6.07) is 13.8. The van der Waals surface area contributed by atoms with E-state index in [0.29, 0.717) is 18.9 Å². The first-order valence-corrected chi connectivity index (χ1v) is 10.3. The highest BCUT2D eigenvalue weighted by Gasteiger charge is 2.16. The van der Waals surface area contributed by atoms with Crippen molar-refractivity contribution in [2.24, 2.45) is 0 Å². The van der Waals surface area contributed by atoms with E-state index < -0.39 is 11.7 Å². The molecule has 1 aliphatic heterocycles. The Morgan fingerprint density at radius 1 is 1.21 bits per heavy atom. The van der Waals surface area contributed by atoms with E-state index in [2.05, 4.69) is 32.1 Å². The van der Waals surface area contributed by atoms with Gasteiger partial charge in [0, 0.05) is 35.7 Å². The van der Waals surface area contributed by atoms with Gasteiger partial charge in [-0.2, -0.15) is 5.26 Å². The van der Waals surface area contributed by atoms with E-state index in [1.165, 1.54) is 24.4 Å². The lowest BCUT2D eigenvalue weighted by Crippen LogP contribution is -2.36. The molecule has 2 heterocycles. The summed E-state index contributed by atoms with van der Waals surface area (Å²) >= 11 is 0. The predicted molar refractivity (Wildman–Crippen MR) is 124 cm³/mol. The third-order valence-corrected chi connectivity index (χ3v) is 5.06. The van der Waals surface area contributed by atoms with Gasteiger partial charge in [-0.05, 0) is 42.5 Å². The van der Waals surface area contributed by atoms with Crippen molar-refractivity contribution < 1.29 is 13.9 Å². The summed E-state index contributed by atoms with van der Waals surface area (Å²) in [5.74, 6) is -0.802. The average Bonchev–Trinajstić information content (AvgIpc) is 2.86. The fraction of sp³-hybridized carbons (Fsp3) is 0.167. The van der Waals surface area contributed by atoms with Crippen molar-refractivity contribution in [3.05, 3.63) is 72.7 Å². The zero-order chi connectivity index (χ0) is 23.2. The van der Waals surface area contributed by atoms with Crippen molar-refractivity contribution in [3.8, 4) is 17.3 Å². The van der Waals surface area contributed by atoms with Gasteiger partial charge in [0.2, 0.25) is 11.9 Å². The van der Waals surface area contributed by atoms with Crippen molar-refractivity contribution in [2.45, 2.75) is 0 Å². The van der Waals surface area contributed by atoms with E-state index >= 15 is 0 Å². The monoisotopic (exact) mass is 444 g/mol. The van der Waals surface area contributed by atoms with Crippen LogP contribution in [0.1, 0.15) is 5.56 Å². The second kappa shape index (κ2) is 9.89. The van der Waals surface area contributed by atoms with Crippen molar-refractivity contribution in [2.75, 3.05) is 41.8 Å². The molecule has 0 unspecified atom stereocenters. The van der Waals surface area contributed by atoms with E-state index in [4.69, 9.17) is 4.74 Å². The largest absolute Gasteiger partial charge is 0.378 e. The second-order valence-electron chi connectivity index (χ2n) is 7.23. The molecule has 3 aromatic rings. The minimum atomic E-state index is -0.581. The molecule has 9 heteroatoms. The predicted octanol–water partition coefficient (Wildman–Crippen LogP) is 3.86. The van der Waals surface area contributed by atoms with E-state index in [1.807, 2.05) is 30.3 Å². The molecule has 0 spiro atoms. The number of morpholine rings is 1. The number of nitrogens with one attached hydrogen (secondary N) is 2. The summed E-state index contributed by atoms with van der Waals surface area (Å²) in [6.07, 6.45) is 2.45. The molecule has 0 atom stereocenters. The second-order valence-corrected chi connectivity index (χ2v) is 7.23. The number of amides is 1. The van der Waals surface area contributed by atoms with Crippen molar-refractivity contribution >= 4 is 28.9 Å². The smallest absolute Gasteiger partial charge is 0.247 e. The summed E-state index contributed by atoms with van der Waals surface area (Å²) in [4.78, 5) is 22.4. The minimum absolute atomic E-state index is 0.0703. The number of hydrogen-bond donors (Lipinski definition) is 2. The van der Waals surface area contributed by atoms with E-state index in [1.54, 1.807) is 0 Å². The standard InChI is InChI=1S/C24H21FN6O2/c1-2-22(32)28-18-6-7-21(25)20(13-18)23-16(14-26)15-27-24(30-23)29-17-4-3-5-19(12-17)31-8-10-33-11-9-31/h2-7,12-13,15H,1,8-11H2,(H,28,32)(H,27,29,30). The number of carbonyl (C=O) groups excluding carboxylic acids is 1.